The fraction of sp³-hybridized carbons (Fsp3) is 0.882. The number of rotatable bonds is 7. The molecule has 136 valence electrons. The third-order valence-corrected chi connectivity index (χ3v) is 2.95. The zero-order valence-electron chi connectivity index (χ0n) is 15.9. The molecule has 6 nitrogen and oxygen atoms in total. The number of amides is 1. The van der Waals surface area contributed by atoms with Crippen LogP contribution in [0.4, 0.5) is 4.79 Å². The topological polar surface area (TPSA) is 76.7 Å². The summed E-state index contributed by atoms with van der Waals surface area (Å²) in [5.41, 5.74) is -0.985. The van der Waals surface area contributed by atoms with Crippen LogP contribution in [0.3, 0.4) is 0 Å². The van der Waals surface area contributed by atoms with Crippen LogP contribution in [0, 0.1) is 11.8 Å². The first-order valence-corrected chi connectivity index (χ1v) is 8.19. The monoisotopic (exact) mass is 330 g/mol. The van der Waals surface area contributed by atoms with Gasteiger partial charge in [0.2, 0.25) is 0 Å². The largest absolute Gasteiger partial charge is 0.459 e. The third kappa shape index (κ3) is 12.9. The van der Waals surface area contributed by atoms with E-state index < -0.39 is 17.3 Å². The Kier molecular flexibility index (Phi) is 8.59. The van der Waals surface area contributed by atoms with Gasteiger partial charge in [-0.25, -0.2) is 4.79 Å². The minimum atomic E-state index is -0.508. The van der Waals surface area contributed by atoms with E-state index in [2.05, 4.69) is 24.5 Å². The normalized spacial score (nSPS) is 13.6. The lowest BCUT2D eigenvalue weighted by Crippen LogP contribution is -2.41. The van der Waals surface area contributed by atoms with Gasteiger partial charge in [-0.15, -0.1) is 0 Å². The van der Waals surface area contributed by atoms with Crippen molar-refractivity contribution in [3.05, 3.63) is 0 Å². The van der Waals surface area contributed by atoms with Crippen molar-refractivity contribution in [3.63, 3.8) is 0 Å². The summed E-state index contributed by atoms with van der Waals surface area (Å²) in [5.74, 6) is 0.279. The molecule has 2 N–H and O–H groups in total. The molecule has 0 aromatic carbocycles. The van der Waals surface area contributed by atoms with Crippen LogP contribution in [0.2, 0.25) is 0 Å². The number of hydrogen-bond acceptors (Lipinski definition) is 5. The van der Waals surface area contributed by atoms with Gasteiger partial charge >= 0.3 is 12.1 Å². The van der Waals surface area contributed by atoms with Gasteiger partial charge in [-0.3, -0.25) is 4.79 Å². The van der Waals surface area contributed by atoms with Gasteiger partial charge in [0.05, 0.1) is 6.54 Å². The van der Waals surface area contributed by atoms with Crippen LogP contribution in [0.15, 0.2) is 0 Å². The summed E-state index contributed by atoms with van der Waals surface area (Å²) < 4.78 is 10.5. The highest BCUT2D eigenvalue weighted by Crippen LogP contribution is 2.11. The molecule has 0 heterocycles. The lowest BCUT2D eigenvalue weighted by Gasteiger charge is -2.24. The second-order valence-electron chi connectivity index (χ2n) is 8.10. The molecule has 0 bridgehead atoms. The number of carbonyl (C=O) groups is 2. The molecule has 0 fully saturated rings. The van der Waals surface area contributed by atoms with Crippen molar-refractivity contribution >= 4 is 12.1 Å². The number of nitrogens with one attached hydrogen (secondary N) is 2. The van der Waals surface area contributed by atoms with E-state index in [9.17, 15) is 9.59 Å². The lowest BCUT2D eigenvalue weighted by molar-refractivity contribution is -0.153. The van der Waals surface area contributed by atoms with E-state index in [4.69, 9.17) is 9.47 Å². The summed E-state index contributed by atoms with van der Waals surface area (Å²) in [4.78, 5) is 23.4. The number of alkyl carbamates (subject to hydrolysis) is 1. The lowest BCUT2D eigenvalue weighted by atomic mass is 9.96. The summed E-state index contributed by atoms with van der Waals surface area (Å²) in [6.45, 7) is 16.4. The van der Waals surface area contributed by atoms with Crippen LogP contribution < -0.4 is 10.6 Å². The average molecular weight is 330 g/mol. The Labute approximate surface area is 140 Å². The Bertz CT molecular complexity index is 381. The Morgan fingerprint density at radius 1 is 0.913 bits per heavy atom. The third-order valence-electron chi connectivity index (χ3n) is 2.95. The molecule has 0 aliphatic heterocycles. The molecule has 23 heavy (non-hydrogen) atoms. The molecule has 0 aromatic rings. The first-order chi connectivity index (χ1) is 10.3. The van der Waals surface area contributed by atoms with E-state index in [1.165, 1.54) is 0 Å². The minimum absolute atomic E-state index is 0.160. The quantitative estimate of drug-likeness (QED) is 0.702. The van der Waals surface area contributed by atoms with Gasteiger partial charge in [0.25, 0.3) is 0 Å². The Morgan fingerprint density at radius 3 is 1.87 bits per heavy atom. The van der Waals surface area contributed by atoms with Crippen LogP contribution >= 0.6 is 0 Å². The zero-order chi connectivity index (χ0) is 18.3. The molecular weight excluding hydrogens is 296 g/mol. The van der Waals surface area contributed by atoms with Crippen molar-refractivity contribution in [1.29, 1.82) is 0 Å². The van der Waals surface area contributed by atoms with E-state index in [-0.39, 0.29) is 18.4 Å². The molecule has 6 heteroatoms. The van der Waals surface area contributed by atoms with Gasteiger partial charge in [0, 0.05) is 13.1 Å². The van der Waals surface area contributed by atoms with Crippen molar-refractivity contribution in [1.82, 2.24) is 10.6 Å². The summed E-state index contributed by atoms with van der Waals surface area (Å²) in [6, 6.07) is 0. The molecule has 0 rings (SSSR count). The standard InChI is InChI=1S/C17H34N2O4/c1-12(2)13(10-19-15(21)23-17(6,7)8)9-18-11-14(20)22-16(3,4)5/h12-13,18H,9-11H2,1-8H3,(H,19,21). The maximum atomic E-state index is 11.7. The molecule has 0 aliphatic rings. The van der Waals surface area contributed by atoms with Gasteiger partial charge < -0.3 is 20.1 Å². The predicted molar refractivity (Wildman–Crippen MR) is 91.3 cm³/mol. The molecule has 0 radical (unpaired) electrons. The number of ether oxygens (including phenoxy) is 2. The van der Waals surface area contributed by atoms with Crippen LogP contribution in [0.25, 0.3) is 0 Å². The van der Waals surface area contributed by atoms with Gasteiger partial charge in [-0.05, 0) is 53.4 Å². The highest BCUT2D eigenvalue weighted by Gasteiger charge is 2.20. The van der Waals surface area contributed by atoms with Crippen molar-refractivity contribution in [3.8, 4) is 0 Å². The molecule has 0 saturated heterocycles. The molecule has 1 atom stereocenters. The highest BCUT2D eigenvalue weighted by atomic mass is 16.6. The molecular formula is C17H34N2O4. The van der Waals surface area contributed by atoms with Crippen LogP contribution in [0.5, 0.6) is 0 Å². The predicted octanol–water partition coefficient (Wildman–Crippen LogP) is 2.71. The second kappa shape index (κ2) is 9.11. The van der Waals surface area contributed by atoms with E-state index >= 15 is 0 Å². The highest BCUT2D eigenvalue weighted by molar-refractivity contribution is 5.72. The summed E-state index contributed by atoms with van der Waals surface area (Å²) in [6.07, 6.45) is -0.421. The SMILES string of the molecule is CC(C)C(CNCC(=O)OC(C)(C)C)CNC(=O)OC(C)(C)C. The van der Waals surface area contributed by atoms with Gasteiger partial charge in [0.15, 0.2) is 0 Å². The van der Waals surface area contributed by atoms with Gasteiger partial charge in [-0.2, -0.15) is 0 Å². The summed E-state index contributed by atoms with van der Waals surface area (Å²) in [7, 11) is 0. The van der Waals surface area contributed by atoms with Crippen LogP contribution in [0.1, 0.15) is 55.4 Å². The van der Waals surface area contributed by atoms with E-state index in [1.807, 2.05) is 41.5 Å². The number of carbonyl (C=O) groups excluding carboxylic acids is 2. The second-order valence-corrected chi connectivity index (χ2v) is 8.10. The van der Waals surface area contributed by atoms with E-state index in [0.717, 1.165) is 0 Å². The average Bonchev–Trinajstić information content (AvgIpc) is 2.28. The minimum Gasteiger partial charge on any atom is -0.459 e. The summed E-state index contributed by atoms with van der Waals surface area (Å²) >= 11 is 0. The molecule has 0 spiro atoms. The maximum Gasteiger partial charge on any atom is 0.407 e. The van der Waals surface area contributed by atoms with Crippen molar-refractivity contribution in [2.75, 3.05) is 19.6 Å². The fourth-order valence-electron chi connectivity index (χ4n) is 1.81. The maximum absolute atomic E-state index is 11.7. The fourth-order valence-corrected chi connectivity index (χ4v) is 1.81. The molecule has 0 saturated carbocycles. The Morgan fingerprint density at radius 2 is 1.43 bits per heavy atom. The van der Waals surface area contributed by atoms with Gasteiger partial charge in [0.1, 0.15) is 11.2 Å². The molecule has 1 unspecified atom stereocenters. The van der Waals surface area contributed by atoms with Crippen molar-refractivity contribution in [2.45, 2.75) is 66.6 Å². The first-order valence-electron chi connectivity index (χ1n) is 8.19. The Hall–Kier alpha value is -1.30. The zero-order valence-corrected chi connectivity index (χ0v) is 15.9. The Balaban J connectivity index is 4.18. The number of esters is 1. The van der Waals surface area contributed by atoms with Crippen LogP contribution in [-0.4, -0.2) is 42.9 Å². The molecule has 0 aromatic heterocycles. The molecule has 0 aliphatic carbocycles. The smallest absolute Gasteiger partial charge is 0.407 e. The summed E-state index contributed by atoms with van der Waals surface area (Å²) in [5, 5.41) is 5.87. The van der Waals surface area contributed by atoms with E-state index in [1.54, 1.807) is 0 Å². The number of hydrogen-bond donors (Lipinski definition) is 2. The van der Waals surface area contributed by atoms with Crippen molar-refractivity contribution < 1.29 is 19.1 Å². The van der Waals surface area contributed by atoms with Crippen molar-refractivity contribution in [2.24, 2.45) is 11.8 Å². The van der Waals surface area contributed by atoms with Crippen LogP contribution in [-0.2, 0) is 14.3 Å². The van der Waals surface area contributed by atoms with Gasteiger partial charge in [-0.1, -0.05) is 13.8 Å². The first kappa shape index (κ1) is 21.7. The van der Waals surface area contributed by atoms with E-state index in [0.29, 0.717) is 19.0 Å². The molecule has 1 amide bonds.